The summed E-state index contributed by atoms with van der Waals surface area (Å²) in [5.41, 5.74) is 12.6. The molecule has 1 saturated carbocycles. The minimum Gasteiger partial charge on any atom is -0.397 e. The van der Waals surface area contributed by atoms with Gasteiger partial charge in [0.1, 0.15) is 0 Å². The second-order valence-corrected chi connectivity index (χ2v) is 5.33. The Labute approximate surface area is 117 Å². The van der Waals surface area contributed by atoms with Crippen LogP contribution < -0.4 is 16.8 Å². The summed E-state index contributed by atoms with van der Waals surface area (Å²) in [6.07, 6.45) is 4.54. The van der Waals surface area contributed by atoms with Crippen LogP contribution in [0, 0.1) is 12.8 Å². The van der Waals surface area contributed by atoms with Gasteiger partial charge in [-0.1, -0.05) is 0 Å². The first kappa shape index (κ1) is 14.3. The average Bonchev–Trinajstić information content (AvgIpc) is 2.42. The molecule has 1 fully saturated rings. The van der Waals surface area contributed by atoms with Crippen molar-refractivity contribution < 1.29 is 9.59 Å². The molecule has 6 nitrogen and oxygen atoms in total. The number of nitrogen functional groups attached to an aromatic ring is 1. The largest absolute Gasteiger partial charge is 0.397 e. The van der Waals surface area contributed by atoms with Crippen LogP contribution in [-0.4, -0.2) is 22.8 Å². The van der Waals surface area contributed by atoms with Gasteiger partial charge in [0.2, 0.25) is 5.91 Å². The normalized spacial score (nSPS) is 22.2. The number of nitrogens with zero attached hydrogens (tertiary/aromatic N) is 1. The summed E-state index contributed by atoms with van der Waals surface area (Å²) in [5, 5.41) is 2.98. The van der Waals surface area contributed by atoms with E-state index in [9.17, 15) is 9.59 Å². The number of rotatable bonds is 3. The molecule has 0 unspecified atom stereocenters. The number of hydrogen-bond donors (Lipinski definition) is 3. The smallest absolute Gasteiger partial charge is 0.253 e. The number of nitrogens with one attached hydrogen (secondary N) is 1. The van der Waals surface area contributed by atoms with Gasteiger partial charge >= 0.3 is 0 Å². The molecular formula is C14H20N4O2. The third-order valence-corrected chi connectivity index (χ3v) is 3.82. The van der Waals surface area contributed by atoms with E-state index in [2.05, 4.69) is 10.3 Å². The molecule has 0 spiro atoms. The number of amides is 2. The number of carbonyl (C=O) groups excluding carboxylic acids is 2. The van der Waals surface area contributed by atoms with E-state index in [1.54, 1.807) is 13.0 Å². The molecule has 0 saturated heterocycles. The first-order valence-corrected chi connectivity index (χ1v) is 6.79. The lowest BCUT2D eigenvalue weighted by molar-refractivity contribution is -0.122. The lowest BCUT2D eigenvalue weighted by Crippen LogP contribution is -2.40. The lowest BCUT2D eigenvalue weighted by Gasteiger charge is -2.27. The van der Waals surface area contributed by atoms with E-state index in [0.29, 0.717) is 16.9 Å². The molecule has 0 aliphatic heterocycles. The number of aromatic nitrogens is 1. The van der Waals surface area contributed by atoms with Crippen LogP contribution in [0.15, 0.2) is 12.3 Å². The summed E-state index contributed by atoms with van der Waals surface area (Å²) in [6.45, 7) is 1.78. The molecule has 2 amide bonds. The van der Waals surface area contributed by atoms with Gasteiger partial charge in [-0.3, -0.25) is 14.6 Å². The molecule has 1 aliphatic carbocycles. The van der Waals surface area contributed by atoms with Crippen LogP contribution in [0.5, 0.6) is 0 Å². The van der Waals surface area contributed by atoms with Crippen LogP contribution in [0.3, 0.4) is 0 Å². The molecule has 1 aromatic heterocycles. The predicted octanol–water partition coefficient (Wildman–Crippen LogP) is 0.746. The maximum absolute atomic E-state index is 12.2. The van der Waals surface area contributed by atoms with Crippen molar-refractivity contribution in [2.75, 3.05) is 5.73 Å². The van der Waals surface area contributed by atoms with E-state index in [4.69, 9.17) is 11.5 Å². The summed E-state index contributed by atoms with van der Waals surface area (Å²) in [4.78, 5) is 27.4. The van der Waals surface area contributed by atoms with E-state index in [-0.39, 0.29) is 23.8 Å². The summed E-state index contributed by atoms with van der Waals surface area (Å²) in [7, 11) is 0. The molecule has 1 aromatic rings. The van der Waals surface area contributed by atoms with Gasteiger partial charge in [-0.15, -0.1) is 0 Å². The van der Waals surface area contributed by atoms with Crippen LogP contribution in [-0.2, 0) is 4.79 Å². The number of carbonyl (C=O) groups is 2. The molecule has 2 rings (SSSR count). The Morgan fingerprint density at radius 2 is 1.95 bits per heavy atom. The van der Waals surface area contributed by atoms with Crippen molar-refractivity contribution in [1.82, 2.24) is 10.3 Å². The standard InChI is InChI=1S/C14H20N4O2/c1-8-12(6-10(15)7-17-8)14(20)18-11-4-2-9(3-5-11)13(16)19/h6-7,9,11H,2-5,15H2,1H3,(H2,16,19)(H,18,20). The zero-order chi connectivity index (χ0) is 14.7. The highest BCUT2D eigenvalue weighted by Gasteiger charge is 2.26. The minimum absolute atomic E-state index is 0.0566. The fourth-order valence-corrected chi connectivity index (χ4v) is 2.56. The van der Waals surface area contributed by atoms with Crippen LogP contribution in [0.2, 0.25) is 0 Å². The Balaban J connectivity index is 1.96. The number of anilines is 1. The van der Waals surface area contributed by atoms with Crippen molar-refractivity contribution in [2.45, 2.75) is 38.6 Å². The van der Waals surface area contributed by atoms with Gasteiger partial charge in [0.05, 0.1) is 23.1 Å². The molecule has 5 N–H and O–H groups in total. The molecule has 0 bridgehead atoms. The second kappa shape index (κ2) is 5.90. The van der Waals surface area contributed by atoms with Gasteiger partial charge in [0.25, 0.3) is 5.91 Å². The van der Waals surface area contributed by atoms with Crippen molar-refractivity contribution in [3.63, 3.8) is 0 Å². The Bertz CT molecular complexity index is 522. The van der Waals surface area contributed by atoms with Crippen molar-refractivity contribution in [3.05, 3.63) is 23.5 Å². The fraction of sp³-hybridized carbons (Fsp3) is 0.500. The lowest BCUT2D eigenvalue weighted by atomic mass is 9.85. The molecule has 108 valence electrons. The van der Waals surface area contributed by atoms with Crippen molar-refractivity contribution in [1.29, 1.82) is 0 Å². The molecular weight excluding hydrogens is 256 g/mol. The highest BCUT2D eigenvalue weighted by atomic mass is 16.2. The first-order valence-electron chi connectivity index (χ1n) is 6.79. The van der Waals surface area contributed by atoms with E-state index in [0.717, 1.165) is 25.7 Å². The Hall–Kier alpha value is -2.11. The van der Waals surface area contributed by atoms with Crippen LogP contribution >= 0.6 is 0 Å². The number of aryl methyl sites for hydroxylation is 1. The van der Waals surface area contributed by atoms with Gasteiger partial charge in [0.15, 0.2) is 0 Å². The fourth-order valence-electron chi connectivity index (χ4n) is 2.56. The summed E-state index contributed by atoms with van der Waals surface area (Å²) in [5.74, 6) is -0.464. The number of primary amides is 1. The van der Waals surface area contributed by atoms with Crippen molar-refractivity contribution >= 4 is 17.5 Å². The molecule has 0 aromatic carbocycles. The summed E-state index contributed by atoms with van der Waals surface area (Å²) >= 11 is 0. The topological polar surface area (TPSA) is 111 Å². The predicted molar refractivity (Wildman–Crippen MR) is 75.8 cm³/mol. The molecule has 6 heteroatoms. The second-order valence-electron chi connectivity index (χ2n) is 5.33. The van der Waals surface area contributed by atoms with E-state index in [1.807, 2.05) is 0 Å². The zero-order valence-electron chi connectivity index (χ0n) is 11.6. The van der Waals surface area contributed by atoms with Crippen molar-refractivity contribution in [3.8, 4) is 0 Å². The summed E-state index contributed by atoms with van der Waals surface area (Å²) in [6, 6.07) is 1.71. The van der Waals surface area contributed by atoms with Gasteiger partial charge in [-0.05, 0) is 38.7 Å². The molecule has 20 heavy (non-hydrogen) atoms. The first-order chi connectivity index (χ1) is 9.47. The molecule has 0 radical (unpaired) electrons. The average molecular weight is 276 g/mol. The summed E-state index contributed by atoms with van der Waals surface area (Å²) < 4.78 is 0. The highest BCUT2D eigenvalue weighted by Crippen LogP contribution is 2.24. The third kappa shape index (κ3) is 3.26. The van der Waals surface area contributed by atoms with E-state index in [1.165, 1.54) is 6.20 Å². The maximum Gasteiger partial charge on any atom is 0.253 e. The van der Waals surface area contributed by atoms with E-state index < -0.39 is 0 Å². The number of hydrogen-bond acceptors (Lipinski definition) is 4. The van der Waals surface area contributed by atoms with Gasteiger partial charge in [-0.25, -0.2) is 0 Å². The molecule has 1 aliphatic rings. The Morgan fingerprint density at radius 3 is 2.55 bits per heavy atom. The van der Waals surface area contributed by atoms with Crippen LogP contribution in [0.25, 0.3) is 0 Å². The molecule has 1 heterocycles. The quantitative estimate of drug-likeness (QED) is 0.756. The van der Waals surface area contributed by atoms with Gasteiger partial charge in [-0.2, -0.15) is 0 Å². The van der Waals surface area contributed by atoms with Gasteiger partial charge in [0, 0.05) is 12.0 Å². The highest BCUT2D eigenvalue weighted by molar-refractivity contribution is 5.96. The van der Waals surface area contributed by atoms with Gasteiger partial charge < -0.3 is 16.8 Å². The zero-order valence-corrected chi connectivity index (χ0v) is 11.6. The van der Waals surface area contributed by atoms with Crippen molar-refractivity contribution in [2.24, 2.45) is 11.7 Å². The van der Waals surface area contributed by atoms with Crippen LogP contribution in [0.1, 0.15) is 41.7 Å². The van der Waals surface area contributed by atoms with Crippen LogP contribution in [0.4, 0.5) is 5.69 Å². The Morgan fingerprint density at radius 1 is 1.30 bits per heavy atom. The number of pyridine rings is 1. The third-order valence-electron chi connectivity index (χ3n) is 3.82. The Kier molecular flexibility index (Phi) is 4.22. The maximum atomic E-state index is 12.2. The number of nitrogens with two attached hydrogens (primary N) is 2. The SMILES string of the molecule is Cc1ncc(N)cc1C(=O)NC1CCC(C(N)=O)CC1. The monoisotopic (exact) mass is 276 g/mol. The molecule has 0 atom stereocenters. The minimum atomic E-state index is -0.245. The van der Waals surface area contributed by atoms with E-state index >= 15 is 0 Å².